The summed E-state index contributed by atoms with van der Waals surface area (Å²) in [6, 6.07) is 0. The van der Waals surface area contributed by atoms with Crippen molar-refractivity contribution in [1.82, 2.24) is 0 Å². The summed E-state index contributed by atoms with van der Waals surface area (Å²) in [6.07, 6.45) is -2.33. The molecule has 3 nitrogen and oxygen atoms in total. The molecule has 0 aliphatic rings. The van der Waals surface area contributed by atoms with Gasteiger partial charge >= 0.3 is 12.9 Å². The molecule has 0 bridgehead atoms. The molecule has 0 saturated carbocycles. The molecule has 0 heterocycles. The monoisotopic (exact) mass is 211 g/mol. The van der Waals surface area contributed by atoms with Gasteiger partial charge in [0.1, 0.15) is 12.2 Å². The molecular formula is C7H11BF3O3-. The number of ether oxygens (including phenoxy) is 1. The number of halogens is 3. The Bertz CT molecular complexity index is 215. The van der Waals surface area contributed by atoms with Crippen LogP contribution in [-0.4, -0.2) is 25.3 Å². The van der Waals surface area contributed by atoms with Crippen LogP contribution in [0.25, 0.3) is 0 Å². The van der Waals surface area contributed by atoms with Gasteiger partial charge in [-0.1, -0.05) is 6.32 Å². The van der Waals surface area contributed by atoms with Crippen molar-refractivity contribution in [2.45, 2.75) is 26.1 Å². The molecule has 82 valence electrons. The normalized spacial score (nSPS) is 11.1. The number of carbonyl (C=O) groups is 2. The summed E-state index contributed by atoms with van der Waals surface area (Å²) in [4.78, 5) is 21.4. The fourth-order valence-corrected chi connectivity index (χ4v) is 0.786. The Labute approximate surface area is 79.7 Å². The van der Waals surface area contributed by atoms with Crippen LogP contribution in [-0.2, 0) is 14.3 Å². The van der Waals surface area contributed by atoms with Crippen LogP contribution in [0, 0.1) is 0 Å². The lowest BCUT2D eigenvalue weighted by Gasteiger charge is -2.11. The Kier molecular flexibility index (Phi) is 5.26. The van der Waals surface area contributed by atoms with Crippen LogP contribution >= 0.6 is 0 Å². The van der Waals surface area contributed by atoms with Crippen molar-refractivity contribution >= 4 is 18.7 Å². The molecule has 0 unspecified atom stereocenters. The quantitative estimate of drug-likeness (QED) is 0.381. The van der Waals surface area contributed by atoms with E-state index < -0.39 is 37.9 Å². The van der Waals surface area contributed by atoms with Crippen LogP contribution in [0.15, 0.2) is 0 Å². The third-order valence-corrected chi connectivity index (χ3v) is 1.40. The molecule has 7 heteroatoms. The maximum atomic E-state index is 11.7. The first kappa shape index (κ1) is 13.0. The standard InChI is InChI=1S/C7H11BF3O3/c1-2-14-7(13)5-6(12)3-4-8(9,10)11/h2-5H2,1H3/q-1. The average Bonchev–Trinajstić information content (AvgIpc) is 2.00. The number of hydrogen-bond donors (Lipinski definition) is 0. The molecule has 0 aliphatic carbocycles. The van der Waals surface area contributed by atoms with Crippen molar-refractivity contribution in [3.05, 3.63) is 0 Å². The number of carbonyl (C=O) groups excluding carboxylic acids is 2. The van der Waals surface area contributed by atoms with E-state index in [1.54, 1.807) is 6.92 Å². The van der Waals surface area contributed by atoms with Crippen molar-refractivity contribution in [3.8, 4) is 0 Å². The molecule has 0 saturated heterocycles. The fraction of sp³-hybridized carbons (Fsp3) is 0.714. The average molecular weight is 211 g/mol. The topological polar surface area (TPSA) is 43.4 Å². The lowest BCUT2D eigenvalue weighted by molar-refractivity contribution is -0.145. The van der Waals surface area contributed by atoms with E-state index in [-0.39, 0.29) is 6.61 Å². The van der Waals surface area contributed by atoms with E-state index in [0.29, 0.717) is 0 Å². The van der Waals surface area contributed by atoms with Crippen LogP contribution in [0.1, 0.15) is 19.8 Å². The summed E-state index contributed by atoms with van der Waals surface area (Å²) in [5.41, 5.74) is 0. The molecule has 0 aromatic carbocycles. The maximum absolute atomic E-state index is 11.7. The molecular weight excluding hydrogens is 200 g/mol. The first-order valence-corrected chi connectivity index (χ1v) is 4.23. The molecule has 14 heavy (non-hydrogen) atoms. The molecule has 0 aromatic rings. The van der Waals surface area contributed by atoms with Gasteiger partial charge in [-0.2, -0.15) is 0 Å². The van der Waals surface area contributed by atoms with E-state index in [2.05, 4.69) is 4.74 Å². The van der Waals surface area contributed by atoms with Crippen molar-refractivity contribution in [1.29, 1.82) is 0 Å². The largest absolute Gasteiger partial charge is 0.478 e. The predicted octanol–water partition coefficient (Wildman–Crippen LogP) is 1.75. The number of Topliss-reactive ketones (excluding diaryl/α,β-unsaturated/α-hetero) is 1. The lowest BCUT2D eigenvalue weighted by Crippen LogP contribution is -2.18. The van der Waals surface area contributed by atoms with Crippen molar-refractivity contribution < 1.29 is 27.3 Å². The van der Waals surface area contributed by atoms with E-state index in [4.69, 9.17) is 0 Å². The Morgan fingerprint density at radius 1 is 1.29 bits per heavy atom. The Morgan fingerprint density at radius 3 is 2.29 bits per heavy atom. The van der Waals surface area contributed by atoms with Gasteiger partial charge in [0.15, 0.2) is 0 Å². The molecule has 0 amide bonds. The number of ketones is 1. The molecule has 0 spiro atoms. The first-order chi connectivity index (χ1) is 6.35. The van der Waals surface area contributed by atoms with Gasteiger partial charge in [-0.25, -0.2) is 0 Å². The Hall–Kier alpha value is -1.01. The van der Waals surface area contributed by atoms with Gasteiger partial charge in [0, 0.05) is 0 Å². The second-order valence-corrected chi connectivity index (χ2v) is 2.77. The number of esters is 1. The lowest BCUT2D eigenvalue weighted by atomic mass is 9.83. The Morgan fingerprint density at radius 2 is 1.86 bits per heavy atom. The SMILES string of the molecule is CCOC(=O)CC(=O)CC[B-](F)(F)F. The van der Waals surface area contributed by atoms with Crippen LogP contribution < -0.4 is 0 Å². The molecule has 0 atom stereocenters. The zero-order valence-corrected chi connectivity index (χ0v) is 7.76. The highest BCUT2D eigenvalue weighted by Gasteiger charge is 2.24. The Balaban J connectivity index is 3.71. The summed E-state index contributed by atoms with van der Waals surface area (Å²) in [5, 5.41) is 0. The number of rotatable bonds is 6. The van der Waals surface area contributed by atoms with Crippen LogP contribution in [0.5, 0.6) is 0 Å². The van der Waals surface area contributed by atoms with Gasteiger partial charge < -0.3 is 17.7 Å². The molecule has 0 aliphatic heterocycles. The van der Waals surface area contributed by atoms with E-state index in [1.165, 1.54) is 0 Å². The van der Waals surface area contributed by atoms with Gasteiger partial charge in [0.05, 0.1) is 6.61 Å². The fourth-order valence-electron chi connectivity index (χ4n) is 0.786. The smallest absolute Gasteiger partial charge is 0.466 e. The third-order valence-electron chi connectivity index (χ3n) is 1.40. The minimum atomic E-state index is -4.94. The number of hydrogen-bond acceptors (Lipinski definition) is 3. The molecule has 0 aromatic heterocycles. The molecule has 0 fully saturated rings. The minimum absolute atomic E-state index is 0.120. The summed E-state index contributed by atoms with van der Waals surface area (Å²) < 4.78 is 39.5. The van der Waals surface area contributed by atoms with Gasteiger partial charge in [0.25, 0.3) is 0 Å². The molecule has 0 radical (unpaired) electrons. The van der Waals surface area contributed by atoms with E-state index in [9.17, 15) is 22.5 Å². The second-order valence-electron chi connectivity index (χ2n) is 2.77. The molecule has 0 rings (SSSR count). The highest BCUT2D eigenvalue weighted by molar-refractivity contribution is 6.58. The van der Waals surface area contributed by atoms with Crippen molar-refractivity contribution in [2.75, 3.05) is 6.61 Å². The van der Waals surface area contributed by atoms with Crippen LogP contribution in [0.2, 0.25) is 6.32 Å². The van der Waals surface area contributed by atoms with Crippen molar-refractivity contribution in [3.63, 3.8) is 0 Å². The maximum Gasteiger partial charge on any atom is 0.478 e. The predicted molar refractivity (Wildman–Crippen MR) is 44.8 cm³/mol. The second kappa shape index (κ2) is 5.67. The van der Waals surface area contributed by atoms with Gasteiger partial charge in [-0.05, 0) is 13.3 Å². The highest BCUT2D eigenvalue weighted by atomic mass is 19.4. The van der Waals surface area contributed by atoms with Crippen LogP contribution in [0.4, 0.5) is 12.9 Å². The summed E-state index contributed by atoms with van der Waals surface area (Å²) in [5.74, 6) is -1.50. The molecule has 0 N–H and O–H groups in total. The van der Waals surface area contributed by atoms with Crippen molar-refractivity contribution in [2.24, 2.45) is 0 Å². The van der Waals surface area contributed by atoms with E-state index in [1.807, 2.05) is 0 Å². The summed E-state index contributed by atoms with van der Waals surface area (Å²) in [7, 11) is 0. The first-order valence-electron chi connectivity index (χ1n) is 4.23. The summed E-state index contributed by atoms with van der Waals surface area (Å²) in [6.45, 7) is -3.27. The minimum Gasteiger partial charge on any atom is -0.466 e. The van der Waals surface area contributed by atoms with E-state index >= 15 is 0 Å². The van der Waals surface area contributed by atoms with E-state index in [0.717, 1.165) is 0 Å². The zero-order valence-electron chi connectivity index (χ0n) is 7.76. The highest BCUT2D eigenvalue weighted by Crippen LogP contribution is 2.17. The summed E-state index contributed by atoms with van der Waals surface area (Å²) >= 11 is 0. The van der Waals surface area contributed by atoms with Crippen LogP contribution in [0.3, 0.4) is 0 Å². The van der Waals surface area contributed by atoms with Gasteiger partial charge in [-0.3, -0.25) is 9.59 Å². The van der Waals surface area contributed by atoms with Gasteiger partial charge in [-0.15, -0.1) is 0 Å². The zero-order chi connectivity index (χ0) is 11.2. The third kappa shape index (κ3) is 7.63. The van der Waals surface area contributed by atoms with Gasteiger partial charge in [0.2, 0.25) is 0 Å².